The van der Waals surface area contributed by atoms with Gasteiger partial charge in [0.25, 0.3) is 5.91 Å². The van der Waals surface area contributed by atoms with Crippen LogP contribution >= 0.6 is 22.6 Å². The molecule has 116 valence electrons. The van der Waals surface area contributed by atoms with Gasteiger partial charge in [0.1, 0.15) is 5.75 Å². The van der Waals surface area contributed by atoms with Crippen LogP contribution in [0.5, 0.6) is 5.75 Å². The first-order valence-corrected chi connectivity index (χ1v) is 8.34. The molecule has 2 aromatic rings. The first-order chi connectivity index (χ1) is 10.5. The van der Waals surface area contributed by atoms with Gasteiger partial charge in [0, 0.05) is 9.13 Å². The zero-order chi connectivity index (χ0) is 16.1. The van der Waals surface area contributed by atoms with Crippen molar-refractivity contribution in [2.75, 3.05) is 7.11 Å². The fourth-order valence-electron chi connectivity index (χ4n) is 2.41. The van der Waals surface area contributed by atoms with Gasteiger partial charge in [-0.3, -0.25) is 4.79 Å². The molecule has 0 heterocycles. The van der Waals surface area contributed by atoms with Crippen LogP contribution in [0, 0.1) is 10.5 Å². The number of hydrogen-bond donors (Lipinski definition) is 1. The van der Waals surface area contributed by atoms with Gasteiger partial charge in [-0.15, -0.1) is 0 Å². The normalized spacial score (nSPS) is 11.8. The minimum atomic E-state index is -0.0427. The summed E-state index contributed by atoms with van der Waals surface area (Å²) in [6, 6.07) is 13.6. The van der Waals surface area contributed by atoms with Crippen molar-refractivity contribution in [3.63, 3.8) is 0 Å². The topological polar surface area (TPSA) is 38.3 Å². The van der Waals surface area contributed by atoms with Crippen molar-refractivity contribution in [1.29, 1.82) is 0 Å². The SMILES string of the molecule is CC[C@@H](NC(=O)c1cccc(I)c1)c1ccc(OC)c(C)c1. The predicted octanol–water partition coefficient (Wildman–Crippen LogP) is 4.49. The van der Waals surface area contributed by atoms with E-state index in [0.717, 1.165) is 26.9 Å². The lowest BCUT2D eigenvalue weighted by molar-refractivity contribution is 0.0935. The van der Waals surface area contributed by atoms with Crippen molar-refractivity contribution in [1.82, 2.24) is 5.32 Å². The van der Waals surface area contributed by atoms with Gasteiger partial charge in [-0.1, -0.05) is 25.1 Å². The number of methoxy groups -OCH3 is 1. The smallest absolute Gasteiger partial charge is 0.251 e. The summed E-state index contributed by atoms with van der Waals surface area (Å²) in [7, 11) is 1.66. The van der Waals surface area contributed by atoms with E-state index in [4.69, 9.17) is 4.74 Å². The number of aryl methyl sites for hydroxylation is 1. The third-order valence-electron chi connectivity index (χ3n) is 3.62. The zero-order valence-electron chi connectivity index (χ0n) is 13.0. The fourth-order valence-corrected chi connectivity index (χ4v) is 2.95. The lowest BCUT2D eigenvalue weighted by Crippen LogP contribution is -2.28. The summed E-state index contributed by atoms with van der Waals surface area (Å²) in [5.74, 6) is 0.821. The standard InChI is InChI=1S/C18H20INO2/c1-4-16(13-8-9-17(22-3)12(2)10-13)20-18(21)14-6-5-7-15(19)11-14/h5-11,16H,4H2,1-3H3,(H,20,21)/t16-/m1/s1. The number of rotatable bonds is 5. The number of benzene rings is 2. The van der Waals surface area contributed by atoms with Crippen LogP contribution < -0.4 is 10.1 Å². The quantitative estimate of drug-likeness (QED) is 0.740. The highest BCUT2D eigenvalue weighted by atomic mass is 127. The summed E-state index contributed by atoms with van der Waals surface area (Å²) in [5, 5.41) is 3.11. The van der Waals surface area contributed by atoms with Crippen LogP contribution in [0.4, 0.5) is 0 Å². The van der Waals surface area contributed by atoms with Crippen molar-refractivity contribution >= 4 is 28.5 Å². The number of carbonyl (C=O) groups excluding carboxylic acids is 1. The highest BCUT2D eigenvalue weighted by molar-refractivity contribution is 14.1. The van der Waals surface area contributed by atoms with E-state index in [1.165, 1.54) is 0 Å². The molecule has 0 radical (unpaired) electrons. The van der Waals surface area contributed by atoms with Gasteiger partial charge >= 0.3 is 0 Å². The van der Waals surface area contributed by atoms with E-state index in [1.54, 1.807) is 7.11 Å². The van der Waals surface area contributed by atoms with E-state index in [1.807, 2.05) is 43.3 Å². The molecule has 22 heavy (non-hydrogen) atoms. The largest absolute Gasteiger partial charge is 0.496 e. The maximum Gasteiger partial charge on any atom is 0.251 e. The molecular weight excluding hydrogens is 389 g/mol. The minimum absolute atomic E-state index is 0.00465. The molecule has 0 aliphatic rings. The maximum absolute atomic E-state index is 12.4. The van der Waals surface area contributed by atoms with Crippen LogP contribution in [-0.2, 0) is 0 Å². The maximum atomic E-state index is 12.4. The second-order valence-corrected chi connectivity index (χ2v) is 6.42. The van der Waals surface area contributed by atoms with E-state index in [0.29, 0.717) is 5.56 Å². The zero-order valence-corrected chi connectivity index (χ0v) is 15.2. The lowest BCUT2D eigenvalue weighted by atomic mass is 10.0. The Hall–Kier alpha value is -1.56. The Labute approximate surface area is 145 Å². The Balaban J connectivity index is 2.18. The molecule has 0 aliphatic carbocycles. The van der Waals surface area contributed by atoms with Crippen LogP contribution in [0.2, 0.25) is 0 Å². The van der Waals surface area contributed by atoms with E-state index in [2.05, 4.69) is 40.9 Å². The van der Waals surface area contributed by atoms with Gasteiger partial charge in [0.15, 0.2) is 0 Å². The molecule has 4 heteroatoms. The van der Waals surface area contributed by atoms with Gasteiger partial charge in [-0.2, -0.15) is 0 Å². The minimum Gasteiger partial charge on any atom is -0.496 e. The Morgan fingerprint density at radius 1 is 1.27 bits per heavy atom. The summed E-state index contributed by atoms with van der Waals surface area (Å²) in [4.78, 5) is 12.4. The van der Waals surface area contributed by atoms with Gasteiger partial charge < -0.3 is 10.1 Å². The summed E-state index contributed by atoms with van der Waals surface area (Å²) in [6.07, 6.45) is 0.835. The van der Waals surface area contributed by atoms with E-state index < -0.39 is 0 Å². The Kier molecular flexibility index (Phi) is 5.83. The third-order valence-corrected chi connectivity index (χ3v) is 4.29. The number of halogens is 1. The number of nitrogens with one attached hydrogen (secondary N) is 1. The second kappa shape index (κ2) is 7.63. The molecule has 0 bridgehead atoms. The Morgan fingerprint density at radius 2 is 2.05 bits per heavy atom. The molecule has 0 saturated carbocycles. The molecular formula is C18H20INO2. The number of ether oxygens (including phenoxy) is 1. The summed E-state index contributed by atoms with van der Waals surface area (Å²) in [5.41, 5.74) is 2.86. The van der Waals surface area contributed by atoms with E-state index >= 15 is 0 Å². The first-order valence-electron chi connectivity index (χ1n) is 7.26. The van der Waals surface area contributed by atoms with Crippen molar-refractivity contribution in [2.45, 2.75) is 26.3 Å². The van der Waals surface area contributed by atoms with Crippen LogP contribution in [-0.4, -0.2) is 13.0 Å². The second-order valence-electron chi connectivity index (χ2n) is 5.17. The monoisotopic (exact) mass is 409 g/mol. The summed E-state index contributed by atoms with van der Waals surface area (Å²) < 4.78 is 6.34. The lowest BCUT2D eigenvalue weighted by Gasteiger charge is -2.19. The van der Waals surface area contributed by atoms with E-state index in [-0.39, 0.29) is 11.9 Å². The van der Waals surface area contributed by atoms with Gasteiger partial charge in [0.2, 0.25) is 0 Å². The molecule has 0 saturated heterocycles. The van der Waals surface area contributed by atoms with Crippen LogP contribution in [0.25, 0.3) is 0 Å². The molecule has 0 fully saturated rings. The highest BCUT2D eigenvalue weighted by Crippen LogP contribution is 2.24. The van der Waals surface area contributed by atoms with Gasteiger partial charge in [0.05, 0.1) is 13.2 Å². The first kappa shape index (κ1) is 16.8. The summed E-state index contributed by atoms with van der Waals surface area (Å²) >= 11 is 2.21. The van der Waals surface area contributed by atoms with Crippen LogP contribution in [0.1, 0.15) is 40.9 Å². The van der Waals surface area contributed by atoms with Gasteiger partial charge in [-0.05, 0) is 71.3 Å². The molecule has 1 atom stereocenters. The molecule has 1 amide bonds. The number of hydrogen-bond acceptors (Lipinski definition) is 2. The van der Waals surface area contributed by atoms with Crippen molar-refractivity contribution in [3.05, 3.63) is 62.7 Å². The molecule has 0 aromatic heterocycles. The van der Waals surface area contributed by atoms with Crippen molar-refractivity contribution in [2.24, 2.45) is 0 Å². The van der Waals surface area contributed by atoms with E-state index in [9.17, 15) is 4.79 Å². The Morgan fingerprint density at radius 3 is 2.64 bits per heavy atom. The predicted molar refractivity (Wildman–Crippen MR) is 97.4 cm³/mol. The highest BCUT2D eigenvalue weighted by Gasteiger charge is 2.15. The molecule has 1 N–H and O–H groups in total. The molecule has 0 unspecified atom stereocenters. The average molecular weight is 409 g/mol. The molecule has 0 spiro atoms. The van der Waals surface area contributed by atoms with Crippen molar-refractivity contribution < 1.29 is 9.53 Å². The molecule has 2 aromatic carbocycles. The Bertz CT molecular complexity index is 670. The average Bonchev–Trinajstić information content (AvgIpc) is 2.52. The fraction of sp³-hybridized carbons (Fsp3) is 0.278. The van der Waals surface area contributed by atoms with Gasteiger partial charge in [-0.25, -0.2) is 0 Å². The van der Waals surface area contributed by atoms with Crippen molar-refractivity contribution in [3.8, 4) is 5.75 Å². The van der Waals surface area contributed by atoms with Crippen LogP contribution in [0.15, 0.2) is 42.5 Å². The number of amides is 1. The number of carbonyl (C=O) groups is 1. The molecule has 2 rings (SSSR count). The summed E-state index contributed by atoms with van der Waals surface area (Å²) in [6.45, 7) is 4.08. The third kappa shape index (κ3) is 4.00. The van der Waals surface area contributed by atoms with Crippen LogP contribution in [0.3, 0.4) is 0 Å². The molecule has 0 aliphatic heterocycles. The molecule has 3 nitrogen and oxygen atoms in total.